The van der Waals surface area contributed by atoms with Gasteiger partial charge in [0.05, 0.1) is 0 Å². The number of aliphatic hydroxyl groups excluding tert-OH is 1. The molecular formula is C23H27N5O3. The van der Waals surface area contributed by atoms with Gasteiger partial charge in [0.1, 0.15) is 17.9 Å². The average Bonchev–Trinajstić information content (AvgIpc) is 3.45. The van der Waals surface area contributed by atoms with Crippen LogP contribution in [0.3, 0.4) is 0 Å². The van der Waals surface area contributed by atoms with Gasteiger partial charge >= 0.3 is 0 Å². The zero-order valence-corrected chi connectivity index (χ0v) is 17.7. The van der Waals surface area contributed by atoms with Gasteiger partial charge in [-0.15, -0.1) is 0 Å². The molecular weight excluding hydrogens is 394 g/mol. The number of carbonyl (C=O) groups excluding carboxylic acids is 1. The van der Waals surface area contributed by atoms with E-state index in [2.05, 4.69) is 16.0 Å². The molecule has 2 fully saturated rings. The number of piperidine rings is 1. The second kappa shape index (κ2) is 7.53. The fourth-order valence-corrected chi connectivity index (χ4v) is 5.10. The first kappa shape index (κ1) is 19.8. The van der Waals surface area contributed by atoms with Crippen molar-refractivity contribution in [2.75, 3.05) is 37.7 Å². The van der Waals surface area contributed by atoms with Crippen LogP contribution in [0.25, 0.3) is 22.0 Å². The summed E-state index contributed by atoms with van der Waals surface area (Å²) in [6.07, 6.45) is 8.59. The summed E-state index contributed by atoms with van der Waals surface area (Å²) < 4.78 is 1.60. The number of aromatic nitrogens is 3. The number of carbonyl (C=O) groups is 1. The quantitative estimate of drug-likeness (QED) is 0.672. The number of aryl methyl sites for hydroxylation is 1. The summed E-state index contributed by atoms with van der Waals surface area (Å²) >= 11 is 0. The van der Waals surface area contributed by atoms with Crippen LogP contribution in [0.1, 0.15) is 19.3 Å². The number of H-pyrrole nitrogens is 1. The molecule has 31 heavy (non-hydrogen) atoms. The highest BCUT2D eigenvalue weighted by Crippen LogP contribution is 2.41. The highest BCUT2D eigenvalue weighted by molar-refractivity contribution is 5.94. The topological polar surface area (TPSA) is 94.5 Å². The molecule has 5 heterocycles. The Morgan fingerprint density at radius 2 is 1.97 bits per heavy atom. The highest BCUT2D eigenvalue weighted by atomic mass is 16.3. The molecule has 3 aromatic heterocycles. The molecule has 2 aliphatic heterocycles. The van der Waals surface area contributed by atoms with E-state index in [1.165, 1.54) is 0 Å². The molecule has 5 rings (SSSR count). The summed E-state index contributed by atoms with van der Waals surface area (Å²) in [6, 6.07) is 6.04. The molecule has 2 N–H and O–H groups in total. The Bertz CT molecular complexity index is 1170. The Hall–Kier alpha value is -3.13. The van der Waals surface area contributed by atoms with Crippen molar-refractivity contribution < 1.29 is 9.90 Å². The van der Waals surface area contributed by atoms with Crippen LogP contribution in [0.15, 0.2) is 41.6 Å². The van der Waals surface area contributed by atoms with Gasteiger partial charge in [-0.05, 0) is 42.9 Å². The standard InChI is InChI=1S/C23H27N5O3/c1-26-13-18(17-4-8-24-21(17)22(26)31)16-2-3-19(25-12-16)27-9-5-23(6-10-27)7-11-28(15-23)20(30)14-29/h2-4,8,12-13,24,29H,5-7,9-11,14-15H2,1H3. The molecule has 0 saturated carbocycles. The number of fused-ring (bicyclic) bond motifs is 1. The van der Waals surface area contributed by atoms with Crippen molar-refractivity contribution in [1.29, 1.82) is 0 Å². The number of rotatable bonds is 3. The highest BCUT2D eigenvalue weighted by Gasteiger charge is 2.42. The minimum absolute atomic E-state index is 0.0401. The van der Waals surface area contributed by atoms with Crippen molar-refractivity contribution in [2.45, 2.75) is 19.3 Å². The average molecular weight is 422 g/mol. The van der Waals surface area contributed by atoms with E-state index in [1.807, 2.05) is 24.5 Å². The molecule has 2 saturated heterocycles. The van der Waals surface area contributed by atoms with E-state index < -0.39 is 6.61 Å². The van der Waals surface area contributed by atoms with E-state index in [4.69, 9.17) is 10.1 Å². The van der Waals surface area contributed by atoms with Gasteiger partial charge in [-0.25, -0.2) is 4.98 Å². The van der Waals surface area contributed by atoms with Crippen LogP contribution in [0.4, 0.5) is 5.82 Å². The molecule has 1 amide bonds. The summed E-state index contributed by atoms with van der Waals surface area (Å²) in [7, 11) is 1.76. The third-order valence-electron chi connectivity index (χ3n) is 7.03. The molecule has 0 radical (unpaired) electrons. The smallest absolute Gasteiger partial charge is 0.274 e. The Morgan fingerprint density at radius 3 is 2.68 bits per heavy atom. The molecule has 0 atom stereocenters. The molecule has 0 bridgehead atoms. The van der Waals surface area contributed by atoms with Gasteiger partial charge in [-0.1, -0.05) is 0 Å². The fraction of sp³-hybridized carbons (Fsp3) is 0.435. The minimum Gasteiger partial charge on any atom is -0.387 e. The van der Waals surface area contributed by atoms with E-state index in [9.17, 15) is 9.59 Å². The van der Waals surface area contributed by atoms with Crippen LogP contribution in [-0.2, 0) is 11.8 Å². The van der Waals surface area contributed by atoms with Gasteiger partial charge in [-0.2, -0.15) is 0 Å². The molecule has 8 nitrogen and oxygen atoms in total. The number of aromatic amines is 1. The third kappa shape index (κ3) is 3.40. The van der Waals surface area contributed by atoms with E-state index in [1.54, 1.807) is 22.7 Å². The molecule has 0 aliphatic carbocycles. The normalized spacial score (nSPS) is 18.3. The lowest BCUT2D eigenvalue weighted by atomic mass is 9.78. The summed E-state index contributed by atoms with van der Waals surface area (Å²) in [6.45, 7) is 2.93. The van der Waals surface area contributed by atoms with Crippen LogP contribution >= 0.6 is 0 Å². The molecule has 0 aromatic carbocycles. The first-order valence-electron chi connectivity index (χ1n) is 10.8. The second-order valence-electron chi connectivity index (χ2n) is 8.84. The maximum absolute atomic E-state index is 12.3. The lowest BCUT2D eigenvalue weighted by Gasteiger charge is -2.39. The number of amides is 1. The Labute approximate surface area is 180 Å². The van der Waals surface area contributed by atoms with Crippen molar-refractivity contribution >= 4 is 22.6 Å². The zero-order chi connectivity index (χ0) is 21.6. The van der Waals surface area contributed by atoms with E-state index >= 15 is 0 Å². The Kier molecular flexibility index (Phi) is 4.81. The third-order valence-corrected chi connectivity index (χ3v) is 7.03. The lowest BCUT2D eigenvalue weighted by Crippen LogP contribution is -2.42. The number of likely N-dealkylation sites (tertiary alicyclic amines) is 1. The van der Waals surface area contributed by atoms with Crippen molar-refractivity contribution in [3.05, 3.63) is 47.1 Å². The Morgan fingerprint density at radius 1 is 1.19 bits per heavy atom. The van der Waals surface area contributed by atoms with Gasteiger partial charge in [-0.3, -0.25) is 9.59 Å². The van der Waals surface area contributed by atoms with Gasteiger partial charge in [0.2, 0.25) is 5.91 Å². The molecule has 8 heteroatoms. The monoisotopic (exact) mass is 421 g/mol. The molecule has 0 unspecified atom stereocenters. The van der Waals surface area contributed by atoms with E-state index in [0.717, 1.165) is 67.8 Å². The maximum atomic E-state index is 12.3. The van der Waals surface area contributed by atoms with E-state index in [-0.39, 0.29) is 16.9 Å². The van der Waals surface area contributed by atoms with Crippen LogP contribution in [0.2, 0.25) is 0 Å². The van der Waals surface area contributed by atoms with Crippen LogP contribution in [-0.4, -0.2) is 63.2 Å². The van der Waals surface area contributed by atoms with Crippen molar-refractivity contribution in [3.63, 3.8) is 0 Å². The largest absolute Gasteiger partial charge is 0.387 e. The number of hydrogen-bond acceptors (Lipinski definition) is 5. The molecule has 2 aliphatic rings. The fourth-order valence-electron chi connectivity index (χ4n) is 5.10. The minimum atomic E-state index is -0.400. The lowest BCUT2D eigenvalue weighted by molar-refractivity contribution is -0.133. The molecule has 162 valence electrons. The van der Waals surface area contributed by atoms with Crippen molar-refractivity contribution in [1.82, 2.24) is 19.4 Å². The van der Waals surface area contributed by atoms with Gasteiger partial charge in [0.25, 0.3) is 5.56 Å². The molecule has 1 spiro atoms. The number of hydrogen-bond donors (Lipinski definition) is 2. The van der Waals surface area contributed by atoms with Crippen LogP contribution < -0.4 is 10.5 Å². The van der Waals surface area contributed by atoms with Gasteiger partial charge in [0, 0.05) is 68.3 Å². The van der Waals surface area contributed by atoms with Gasteiger partial charge in [0.15, 0.2) is 0 Å². The Balaban J connectivity index is 1.31. The SMILES string of the molecule is Cn1cc(-c2ccc(N3CCC4(CCN(C(=O)CO)C4)CC3)nc2)c2cc[nH]c2c1=O. The first-order chi connectivity index (χ1) is 15.0. The summed E-state index contributed by atoms with van der Waals surface area (Å²) in [5.74, 6) is 0.793. The van der Waals surface area contributed by atoms with Crippen LogP contribution in [0, 0.1) is 5.41 Å². The number of nitrogens with one attached hydrogen (secondary N) is 1. The summed E-state index contributed by atoms with van der Waals surface area (Å²) in [5, 5.41) is 10.0. The number of nitrogens with zero attached hydrogens (tertiary/aromatic N) is 4. The van der Waals surface area contributed by atoms with Crippen molar-refractivity contribution in [2.24, 2.45) is 12.5 Å². The zero-order valence-electron chi connectivity index (χ0n) is 17.7. The summed E-state index contributed by atoms with van der Waals surface area (Å²) in [4.78, 5) is 36.0. The predicted molar refractivity (Wildman–Crippen MR) is 119 cm³/mol. The van der Waals surface area contributed by atoms with Gasteiger partial charge < -0.3 is 24.5 Å². The predicted octanol–water partition coefficient (Wildman–Crippen LogP) is 1.74. The maximum Gasteiger partial charge on any atom is 0.274 e. The summed E-state index contributed by atoms with van der Waals surface area (Å²) in [5.41, 5.74) is 2.70. The van der Waals surface area contributed by atoms with E-state index in [0.29, 0.717) is 5.52 Å². The number of aliphatic hydroxyl groups is 1. The number of pyridine rings is 2. The second-order valence-corrected chi connectivity index (χ2v) is 8.84. The van der Waals surface area contributed by atoms with Crippen LogP contribution in [0.5, 0.6) is 0 Å². The molecule has 3 aromatic rings. The first-order valence-corrected chi connectivity index (χ1v) is 10.8. The van der Waals surface area contributed by atoms with Crippen molar-refractivity contribution in [3.8, 4) is 11.1 Å². The number of anilines is 1.